The second-order valence-corrected chi connectivity index (χ2v) is 7.26. The van der Waals surface area contributed by atoms with Gasteiger partial charge in [-0.2, -0.15) is 0 Å². The molecule has 3 heteroatoms. The molecule has 1 atom stereocenters. The van der Waals surface area contributed by atoms with Gasteiger partial charge in [0, 0.05) is 6.54 Å². The number of carbonyl (C=O) groups excluding carboxylic acids is 1. The van der Waals surface area contributed by atoms with E-state index in [1.807, 2.05) is 0 Å². The van der Waals surface area contributed by atoms with Crippen LogP contribution >= 0.6 is 0 Å². The Labute approximate surface area is 118 Å². The summed E-state index contributed by atoms with van der Waals surface area (Å²) in [4.78, 5) is 12.0. The van der Waals surface area contributed by atoms with E-state index in [0.717, 1.165) is 13.0 Å². The molecule has 112 valence electrons. The molecular formula is C16H32N2O. The Hall–Kier alpha value is -0.570. The van der Waals surface area contributed by atoms with Crippen LogP contribution in [0.5, 0.6) is 0 Å². The quantitative estimate of drug-likeness (QED) is 0.745. The normalized spacial score (nSPS) is 19.9. The average molecular weight is 268 g/mol. The van der Waals surface area contributed by atoms with Crippen molar-refractivity contribution in [3.63, 3.8) is 0 Å². The summed E-state index contributed by atoms with van der Waals surface area (Å²) in [7, 11) is 0. The van der Waals surface area contributed by atoms with E-state index in [1.165, 1.54) is 32.1 Å². The minimum Gasteiger partial charge on any atom is -0.354 e. The van der Waals surface area contributed by atoms with E-state index in [4.69, 9.17) is 5.73 Å². The van der Waals surface area contributed by atoms with Crippen molar-refractivity contribution in [2.24, 2.45) is 23.0 Å². The van der Waals surface area contributed by atoms with Gasteiger partial charge in [-0.3, -0.25) is 4.79 Å². The topological polar surface area (TPSA) is 55.1 Å². The van der Waals surface area contributed by atoms with Crippen molar-refractivity contribution in [3.05, 3.63) is 0 Å². The first-order valence-electron chi connectivity index (χ1n) is 7.88. The van der Waals surface area contributed by atoms with Gasteiger partial charge in [0.05, 0.1) is 6.04 Å². The van der Waals surface area contributed by atoms with E-state index in [0.29, 0.717) is 17.3 Å². The molecule has 0 aliphatic heterocycles. The number of nitrogens with two attached hydrogens (primary N) is 1. The summed E-state index contributed by atoms with van der Waals surface area (Å²) in [6, 6.07) is -0.350. The number of hydrogen-bond donors (Lipinski definition) is 2. The van der Waals surface area contributed by atoms with Gasteiger partial charge in [-0.25, -0.2) is 0 Å². The van der Waals surface area contributed by atoms with Crippen LogP contribution in [0.2, 0.25) is 0 Å². The molecule has 19 heavy (non-hydrogen) atoms. The number of amides is 1. The molecule has 0 radical (unpaired) electrons. The molecule has 3 nitrogen and oxygen atoms in total. The molecule has 0 saturated heterocycles. The molecular weight excluding hydrogens is 236 g/mol. The first kappa shape index (κ1) is 16.5. The monoisotopic (exact) mass is 268 g/mol. The summed E-state index contributed by atoms with van der Waals surface area (Å²) in [6.45, 7) is 9.56. The summed E-state index contributed by atoms with van der Waals surface area (Å²) >= 11 is 0. The highest BCUT2D eigenvalue weighted by Crippen LogP contribution is 2.42. The highest BCUT2D eigenvalue weighted by atomic mass is 16.2. The lowest BCUT2D eigenvalue weighted by molar-refractivity contribution is -0.123. The van der Waals surface area contributed by atoms with Gasteiger partial charge in [0.1, 0.15) is 0 Å². The minimum atomic E-state index is -0.350. The summed E-state index contributed by atoms with van der Waals surface area (Å²) in [5.74, 6) is 1.19. The van der Waals surface area contributed by atoms with Gasteiger partial charge >= 0.3 is 0 Å². The molecule has 1 aliphatic carbocycles. The lowest BCUT2D eigenvalue weighted by Crippen LogP contribution is -2.45. The SMILES string of the molecule is CC(C)CC(N)C(=O)NCC1(CC(C)C)CCCC1. The first-order chi connectivity index (χ1) is 8.84. The molecule has 0 bridgehead atoms. The van der Waals surface area contributed by atoms with Crippen LogP contribution in [0.4, 0.5) is 0 Å². The van der Waals surface area contributed by atoms with Crippen molar-refractivity contribution >= 4 is 5.91 Å². The van der Waals surface area contributed by atoms with Crippen molar-refractivity contribution < 1.29 is 4.79 Å². The second-order valence-electron chi connectivity index (χ2n) is 7.26. The highest BCUT2D eigenvalue weighted by molar-refractivity contribution is 5.81. The molecule has 1 rings (SSSR count). The Balaban J connectivity index is 2.46. The second kappa shape index (κ2) is 7.28. The average Bonchev–Trinajstić information content (AvgIpc) is 2.73. The lowest BCUT2D eigenvalue weighted by Gasteiger charge is -2.31. The summed E-state index contributed by atoms with van der Waals surface area (Å²) < 4.78 is 0. The molecule has 1 saturated carbocycles. The maximum absolute atomic E-state index is 12.0. The van der Waals surface area contributed by atoms with Crippen molar-refractivity contribution in [1.29, 1.82) is 0 Å². The predicted molar refractivity (Wildman–Crippen MR) is 80.8 cm³/mol. The number of rotatable bonds is 7. The molecule has 1 fully saturated rings. The van der Waals surface area contributed by atoms with Gasteiger partial charge in [0.2, 0.25) is 5.91 Å². The third-order valence-electron chi connectivity index (χ3n) is 4.21. The van der Waals surface area contributed by atoms with Gasteiger partial charge in [0.25, 0.3) is 0 Å². The standard InChI is InChI=1S/C16H32N2O/c1-12(2)9-14(17)15(19)18-11-16(10-13(3)4)7-5-6-8-16/h12-14H,5-11,17H2,1-4H3,(H,18,19). The number of hydrogen-bond acceptors (Lipinski definition) is 2. The molecule has 3 N–H and O–H groups in total. The Morgan fingerprint density at radius 2 is 1.74 bits per heavy atom. The van der Waals surface area contributed by atoms with E-state index in [9.17, 15) is 4.79 Å². The lowest BCUT2D eigenvalue weighted by atomic mass is 9.78. The first-order valence-corrected chi connectivity index (χ1v) is 7.88. The fourth-order valence-corrected chi connectivity index (χ4v) is 3.46. The van der Waals surface area contributed by atoms with Crippen LogP contribution in [0.25, 0.3) is 0 Å². The Bertz CT molecular complexity index is 280. The third-order valence-corrected chi connectivity index (χ3v) is 4.21. The molecule has 0 heterocycles. The molecule has 0 spiro atoms. The molecule has 0 aromatic rings. The van der Waals surface area contributed by atoms with E-state index in [1.54, 1.807) is 0 Å². The highest BCUT2D eigenvalue weighted by Gasteiger charge is 2.34. The van der Waals surface area contributed by atoms with Gasteiger partial charge < -0.3 is 11.1 Å². The predicted octanol–water partition coefficient (Wildman–Crippen LogP) is 3.08. The molecule has 1 amide bonds. The smallest absolute Gasteiger partial charge is 0.236 e. The molecule has 1 unspecified atom stereocenters. The molecule has 1 aliphatic rings. The fourth-order valence-electron chi connectivity index (χ4n) is 3.46. The van der Waals surface area contributed by atoms with E-state index >= 15 is 0 Å². The Morgan fingerprint density at radius 1 is 1.16 bits per heavy atom. The van der Waals surface area contributed by atoms with E-state index < -0.39 is 0 Å². The van der Waals surface area contributed by atoms with Crippen LogP contribution in [0.1, 0.15) is 66.2 Å². The van der Waals surface area contributed by atoms with Crippen LogP contribution in [0.3, 0.4) is 0 Å². The molecule has 0 aromatic carbocycles. The summed E-state index contributed by atoms with van der Waals surface area (Å²) in [5, 5.41) is 3.11. The Morgan fingerprint density at radius 3 is 2.21 bits per heavy atom. The zero-order chi connectivity index (χ0) is 14.5. The number of nitrogens with one attached hydrogen (secondary N) is 1. The summed E-state index contributed by atoms with van der Waals surface area (Å²) in [6.07, 6.45) is 7.10. The molecule has 0 aromatic heterocycles. The maximum atomic E-state index is 12.0. The van der Waals surface area contributed by atoms with Crippen LogP contribution in [0, 0.1) is 17.3 Å². The van der Waals surface area contributed by atoms with E-state index in [2.05, 4.69) is 33.0 Å². The van der Waals surface area contributed by atoms with Gasteiger partial charge in [-0.15, -0.1) is 0 Å². The summed E-state index contributed by atoms with van der Waals surface area (Å²) in [5.41, 5.74) is 6.27. The zero-order valence-corrected chi connectivity index (χ0v) is 13.2. The van der Waals surface area contributed by atoms with Gasteiger partial charge in [-0.1, -0.05) is 40.5 Å². The minimum absolute atomic E-state index is 0.0312. The van der Waals surface area contributed by atoms with Crippen LogP contribution < -0.4 is 11.1 Å². The van der Waals surface area contributed by atoms with Crippen LogP contribution in [0.15, 0.2) is 0 Å². The fraction of sp³-hybridized carbons (Fsp3) is 0.938. The van der Waals surface area contributed by atoms with Crippen molar-refractivity contribution in [3.8, 4) is 0 Å². The van der Waals surface area contributed by atoms with Crippen LogP contribution in [-0.4, -0.2) is 18.5 Å². The van der Waals surface area contributed by atoms with Crippen molar-refractivity contribution in [2.45, 2.75) is 72.3 Å². The van der Waals surface area contributed by atoms with Gasteiger partial charge in [-0.05, 0) is 42.9 Å². The van der Waals surface area contributed by atoms with Crippen molar-refractivity contribution in [1.82, 2.24) is 5.32 Å². The van der Waals surface area contributed by atoms with E-state index in [-0.39, 0.29) is 11.9 Å². The zero-order valence-electron chi connectivity index (χ0n) is 13.2. The largest absolute Gasteiger partial charge is 0.354 e. The number of carbonyl (C=O) groups is 1. The third kappa shape index (κ3) is 5.52. The van der Waals surface area contributed by atoms with Crippen molar-refractivity contribution in [2.75, 3.05) is 6.54 Å². The Kier molecular flexibility index (Phi) is 6.31. The van der Waals surface area contributed by atoms with Crippen LogP contribution in [-0.2, 0) is 4.79 Å². The van der Waals surface area contributed by atoms with Gasteiger partial charge in [0.15, 0.2) is 0 Å². The maximum Gasteiger partial charge on any atom is 0.236 e.